The van der Waals surface area contributed by atoms with Gasteiger partial charge in [-0.05, 0) is 65.5 Å². The smallest absolute Gasteiger partial charge is 0.0942 e. The number of aryl methyl sites for hydroxylation is 2. The Balaban J connectivity index is 1.47. The molecule has 0 radical (unpaired) electrons. The second-order valence-electron chi connectivity index (χ2n) is 9.60. The maximum Gasteiger partial charge on any atom is 0.0942 e. The molecule has 0 spiro atoms. The lowest BCUT2D eigenvalue weighted by atomic mass is 9.91. The minimum absolute atomic E-state index is 0.521. The van der Waals surface area contributed by atoms with Gasteiger partial charge in [0.1, 0.15) is 0 Å². The molecule has 2 aromatic rings. The van der Waals surface area contributed by atoms with E-state index >= 15 is 0 Å². The molecule has 2 aliphatic rings. The number of nitrogens with zero attached hydrogens (tertiary/aromatic N) is 2. The number of benzene rings is 2. The van der Waals surface area contributed by atoms with Gasteiger partial charge in [0.05, 0.1) is 6.67 Å². The molecule has 1 unspecified atom stereocenters. The number of fused-ring (bicyclic) bond motifs is 1. The molecule has 1 heterocycles. The normalized spacial score (nSPS) is 17.7. The van der Waals surface area contributed by atoms with Crippen LogP contribution in [-0.4, -0.2) is 18.1 Å². The molecule has 4 rings (SSSR count). The van der Waals surface area contributed by atoms with Crippen LogP contribution in [0, 0.1) is 13.8 Å². The topological polar surface area (TPSA) is 6.48 Å². The van der Waals surface area contributed by atoms with E-state index in [-0.39, 0.29) is 0 Å². The lowest BCUT2D eigenvalue weighted by Crippen LogP contribution is -2.28. The van der Waals surface area contributed by atoms with Crippen LogP contribution in [0.1, 0.15) is 85.3 Å². The standard InChI is InChI=1S/C28H36N2/c1-19(2)24-8-7-9-25(20(3)4)28(24)30-17-16-29(18-30)15-14-23-12-13-26-21(5)10-11-22(6)27(23)26/h7-13,16-17,19-20,23H,14-15,18H2,1-6H3. The quantitative estimate of drug-likeness (QED) is 0.502. The first-order valence-corrected chi connectivity index (χ1v) is 11.5. The SMILES string of the molecule is Cc1ccc(C)c2c1C=CC2CCN1C=CN(c2c(C(C)C)cccc2C(C)C)C1. The monoisotopic (exact) mass is 400 g/mol. The van der Waals surface area contributed by atoms with E-state index in [9.17, 15) is 0 Å². The summed E-state index contributed by atoms with van der Waals surface area (Å²) >= 11 is 0. The minimum Gasteiger partial charge on any atom is -0.358 e. The molecule has 1 aliphatic carbocycles. The van der Waals surface area contributed by atoms with Gasteiger partial charge >= 0.3 is 0 Å². The van der Waals surface area contributed by atoms with Crippen molar-refractivity contribution in [1.82, 2.24) is 4.90 Å². The average Bonchev–Trinajstić information content (AvgIpc) is 3.36. The highest BCUT2D eigenvalue weighted by atomic mass is 15.3. The zero-order valence-electron chi connectivity index (χ0n) is 19.4. The van der Waals surface area contributed by atoms with Gasteiger partial charge in [-0.25, -0.2) is 0 Å². The summed E-state index contributed by atoms with van der Waals surface area (Å²) in [5.41, 5.74) is 10.1. The molecule has 0 bridgehead atoms. The predicted octanol–water partition coefficient (Wildman–Crippen LogP) is 7.30. The van der Waals surface area contributed by atoms with Gasteiger partial charge in [0.25, 0.3) is 0 Å². The molecular formula is C28H36N2. The summed E-state index contributed by atoms with van der Waals surface area (Å²) in [5.74, 6) is 1.58. The maximum absolute atomic E-state index is 2.47. The largest absolute Gasteiger partial charge is 0.358 e. The summed E-state index contributed by atoms with van der Waals surface area (Å²) in [6, 6.07) is 11.4. The Kier molecular flexibility index (Phi) is 5.77. The third-order valence-corrected chi connectivity index (χ3v) is 6.74. The Bertz CT molecular complexity index is 954. The molecule has 2 heteroatoms. The van der Waals surface area contributed by atoms with E-state index in [0.29, 0.717) is 17.8 Å². The van der Waals surface area contributed by atoms with E-state index in [4.69, 9.17) is 0 Å². The maximum atomic E-state index is 2.47. The molecule has 0 aromatic heterocycles. The number of anilines is 1. The van der Waals surface area contributed by atoms with Crippen LogP contribution in [0.25, 0.3) is 6.08 Å². The third-order valence-electron chi connectivity index (χ3n) is 6.74. The molecule has 1 aliphatic heterocycles. The second-order valence-corrected chi connectivity index (χ2v) is 9.60. The van der Waals surface area contributed by atoms with Crippen LogP contribution in [0.5, 0.6) is 0 Å². The molecular weight excluding hydrogens is 364 g/mol. The summed E-state index contributed by atoms with van der Waals surface area (Å²) in [4.78, 5) is 4.93. The highest BCUT2D eigenvalue weighted by molar-refractivity contribution is 5.67. The van der Waals surface area contributed by atoms with Gasteiger partial charge in [-0.1, -0.05) is 70.2 Å². The second kappa shape index (κ2) is 8.34. The van der Waals surface area contributed by atoms with Crippen molar-refractivity contribution in [3.63, 3.8) is 0 Å². The van der Waals surface area contributed by atoms with Gasteiger partial charge in [0.15, 0.2) is 0 Å². The van der Waals surface area contributed by atoms with E-state index in [1.54, 1.807) is 5.56 Å². The summed E-state index contributed by atoms with van der Waals surface area (Å²) in [6.45, 7) is 15.7. The zero-order chi connectivity index (χ0) is 21.4. The third kappa shape index (κ3) is 3.80. The number of hydrogen-bond acceptors (Lipinski definition) is 2. The van der Waals surface area contributed by atoms with E-state index in [2.05, 4.69) is 106 Å². The van der Waals surface area contributed by atoms with Crippen LogP contribution in [-0.2, 0) is 0 Å². The predicted molar refractivity (Wildman–Crippen MR) is 130 cm³/mol. The number of rotatable bonds is 6. The van der Waals surface area contributed by atoms with Crippen molar-refractivity contribution in [2.75, 3.05) is 18.1 Å². The van der Waals surface area contributed by atoms with Gasteiger partial charge in [0, 0.05) is 30.5 Å². The molecule has 0 N–H and O–H groups in total. The summed E-state index contributed by atoms with van der Waals surface area (Å²) in [7, 11) is 0. The highest BCUT2D eigenvalue weighted by Gasteiger charge is 2.24. The molecule has 1 atom stereocenters. The molecule has 2 aromatic carbocycles. The van der Waals surface area contributed by atoms with Crippen LogP contribution in [0.2, 0.25) is 0 Å². The Labute approximate surface area is 182 Å². The Morgan fingerprint density at radius 2 is 1.57 bits per heavy atom. The summed E-state index contributed by atoms with van der Waals surface area (Å²) in [5, 5.41) is 0. The number of hydrogen-bond donors (Lipinski definition) is 0. The van der Waals surface area contributed by atoms with E-state index in [1.807, 2.05) is 0 Å². The Morgan fingerprint density at radius 3 is 2.23 bits per heavy atom. The van der Waals surface area contributed by atoms with Crippen molar-refractivity contribution in [2.45, 2.75) is 65.7 Å². The van der Waals surface area contributed by atoms with Gasteiger partial charge in [-0.2, -0.15) is 0 Å². The fourth-order valence-corrected chi connectivity index (χ4v) is 5.02. The lowest BCUT2D eigenvalue weighted by Gasteiger charge is -2.28. The van der Waals surface area contributed by atoms with Crippen molar-refractivity contribution < 1.29 is 0 Å². The Morgan fingerprint density at radius 1 is 0.900 bits per heavy atom. The van der Waals surface area contributed by atoms with Crippen LogP contribution in [0.15, 0.2) is 48.8 Å². The minimum atomic E-state index is 0.521. The van der Waals surface area contributed by atoms with Crippen molar-refractivity contribution in [2.24, 2.45) is 0 Å². The van der Waals surface area contributed by atoms with Crippen LogP contribution in [0.3, 0.4) is 0 Å². The van der Waals surface area contributed by atoms with Gasteiger partial charge in [-0.15, -0.1) is 0 Å². The van der Waals surface area contributed by atoms with E-state index in [0.717, 1.165) is 19.6 Å². The molecule has 0 saturated carbocycles. The first kappa shape index (κ1) is 20.8. The first-order chi connectivity index (χ1) is 14.4. The average molecular weight is 401 g/mol. The fourth-order valence-electron chi connectivity index (χ4n) is 5.02. The summed E-state index contributed by atoms with van der Waals surface area (Å²) < 4.78 is 0. The number of allylic oxidation sites excluding steroid dienone is 1. The molecule has 0 saturated heterocycles. The Hall–Kier alpha value is -2.48. The van der Waals surface area contributed by atoms with Crippen molar-refractivity contribution in [3.05, 3.63) is 82.2 Å². The van der Waals surface area contributed by atoms with Crippen LogP contribution < -0.4 is 4.90 Å². The van der Waals surface area contributed by atoms with Crippen LogP contribution in [0.4, 0.5) is 5.69 Å². The van der Waals surface area contributed by atoms with Gasteiger partial charge in [-0.3, -0.25) is 0 Å². The molecule has 0 fully saturated rings. The molecule has 158 valence electrons. The number of para-hydroxylation sites is 1. The molecule has 2 nitrogen and oxygen atoms in total. The first-order valence-electron chi connectivity index (χ1n) is 11.5. The van der Waals surface area contributed by atoms with Gasteiger partial charge < -0.3 is 9.80 Å². The van der Waals surface area contributed by atoms with Crippen LogP contribution >= 0.6 is 0 Å². The van der Waals surface area contributed by atoms with Gasteiger partial charge in [0.2, 0.25) is 0 Å². The lowest BCUT2D eigenvalue weighted by molar-refractivity contribution is 0.390. The van der Waals surface area contributed by atoms with Crippen molar-refractivity contribution >= 4 is 11.8 Å². The fraction of sp³-hybridized carbons (Fsp3) is 0.429. The summed E-state index contributed by atoms with van der Waals surface area (Å²) in [6.07, 6.45) is 10.5. The van der Waals surface area contributed by atoms with E-state index in [1.165, 1.54) is 33.5 Å². The molecule has 0 amide bonds. The van der Waals surface area contributed by atoms with Crippen molar-refractivity contribution in [1.29, 1.82) is 0 Å². The molecule has 30 heavy (non-hydrogen) atoms. The van der Waals surface area contributed by atoms with Crippen molar-refractivity contribution in [3.8, 4) is 0 Å². The van der Waals surface area contributed by atoms with E-state index < -0.39 is 0 Å². The highest BCUT2D eigenvalue weighted by Crippen LogP contribution is 2.39. The zero-order valence-corrected chi connectivity index (χ0v) is 19.4.